The molecule has 4 rings (SSSR count). The van der Waals surface area contributed by atoms with Crippen molar-refractivity contribution >= 4 is 33.2 Å². The van der Waals surface area contributed by atoms with E-state index in [9.17, 15) is 10.2 Å². The summed E-state index contributed by atoms with van der Waals surface area (Å²) in [4.78, 5) is 0. The number of azo groups is 1. The van der Waals surface area contributed by atoms with Gasteiger partial charge in [-0.05, 0) is 41.8 Å². The maximum Gasteiger partial charge on any atom is 0.143 e. The Labute approximate surface area is 129 Å². The van der Waals surface area contributed by atoms with Gasteiger partial charge in [0.05, 0.1) is 5.69 Å². The van der Waals surface area contributed by atoms with Crippen LogP contribution in [0.2, 0.25) is 0 Å². The molecule has 0 aliphatic carbocycles. The van der Waals surface area contributed by atoms with E-state index in [-0.39, 0.29) is 11.5 Å². The third-order valence-electron chi connectivity index (χ3n) is 3.52. The molecule has 0 fully saturated rings. The molecule has 0 radical (unpaired) electrons. The number of aromatic nitrogens is 3. The van der Waals surface area contributed by atoms with Gasteiger partial charge < -0.3 is 10.2 Å². The Bertz CT molecular complexity index is 1050. The second kappa shape index (κ2) is 5.06. The number of aromatic hydroxyl groups is 2. The fourth-order valence-electron chi connectivity index (χ4n) is 2.38. The molecule has 0 amide bonds. The summed E-state index contributed by atoms with van der Waals surface area (Å²) in [5.41, 5.74) is 2.31. The number of hydrogen-bond donors (Lipinski definition) is 3. The van der Waals surface area contributed by atoms with Crippen molar-refractivity contribution < 1.29 is 10.2 Å². The Kier molecular flexibility index (Phi) is 2.90. The third kappa shape index (κ3) is 2.34. The zero-order chi connectivity index (χ0) is 15.8. The summed E-state index contributed by atoms with van der Waals surface area (Å²) >= 11 is 0. The van der Waals surface area contributed by atoms with Crippen molar-refractivity contribution in [1.82, 2.24) is 15.4 Å². The lowest BCUT2D eigenvalue weighted by molar-refractivity contribution is 0.475. The topological polar surface area (TPSA) is 107 Å². The summed E-state index contributed by atoms with van der Waals surface area (Å²) in [5.74, 6) is 0.0953. The standard InChI is InChI=1S/C16H11N5O2/c22-11-4-1-9-2-6-15(23)16(12(9)8-11)20-17-10-3-5-13-14(7-10)19-21-18-13/h1-8,22-23H,(H,18,19,21). The van der Waals surface area contributed by atoms with Crippen LogP contribution in [0.25, 0.3) is 21.8 Å². The number of rotatable bonds is 2. The van der Waals surface area contributed by atoms with Crippen LogP contribution in [0.4, 0.5) is 11.4 Å². The van der Waals surface area contributed by atoms with Crippen LogP contribution in [0.15, 0.2) is 58.8 Å². The number of fused-ring (bicyclic) bond motifs is 2. The molecule has 0 atom stereocenters. The Balaban J connectivity index is 1.82. The highest BCUT2D eigenvalue weighted by atomic mass is 16.3. The van der Waals surface area contributed by atoms with Crippen molar-refractivity contribution in [3.8, 4) is 11.5 Å². The van der Waals surface area contributed by atoms with Crippen LogP contribution in [0.3, 0.4) is 0 Å². The zero-order valence-corrected chi connectivity index (χ0v) is 11.8. The predicted molar refractivity (Wildman–Crippen MR) is 85.3 cm³/mol. The highest BCUT2D eigenvalue weighted by Crippen LogP contribution is 2.37. The number of phenols is 2. The van der Waals surface area contributed by atoms with Crippen LogP contribution in [-0.2, 0) is 0 Å². The molecule has 0 bridgehead atoms. The molecule has 3 aromatic carbocycles. The zero-order valence-electron chi connectivity index (χ0n) is 11.8. The summed E-state index contributed by atoms with van der Waals surface area (Å²) in [6.45, 7) is 0. The number of nitrogens with one attached hydrogen (secondary N) is 1. The number of H-pyrrole nitrogens is 1. The number of nitrogens with zero attached hydrogens (tertiary/aromatic N) is 4. The molecule has 0 aliphatic rings. The van der Waals surface area contributed by atoms with Crippen molar-refractivity contribution in [3.05, 3.63) is 48.5 Å². The third-order valence-corrected chi connectivity index (χ3v) is 3.52. The molecular formula is C16H11N5O2. The fourth-order valence-corrected chi connectivity index (χ4v) is 2.38. The van der Waals surface area contributed by atoms with Crippen LogP contribution < -0.4 is 0 Å². The minimum absolute atomic E-state index is 0.00522. The van der Waals surface area contributed by atoms with E-state index in [2.05, 4.69) is 25.6 Å². The molecule has 0 spiro atoms. The van der Waals surface area contributed by atoms with Crippen LogP contribution in [0.5, 0.6) is 11.5 Å². The van der Waals surface area contributed by atoms with E-state index in [1.165, 1.54) is 0 Å². The minimum Gasteiger partial charge on any atom is -0.508 e. The molecule has 0 saturated heterocycles. The fraction of sp³-hybridized carbons (Fsp3) is 0. The van der Waals surface area contributed by atoms with Crippen LogP contribution >= 0.6 is 0 Å². The first kappa shape index (κ1) is 13.2. The van der Waals surface area contributed by atoms with E-state index in [1.807, 2.05) is 0 Å². The van der Waals surface area contributed by atoms with Gasteiger partial charge in [-0.2, -0.15) is 20.5 Å². The SMILES string of the molecule is Oc1ccc2ccc(O)c(N=Nc3ccc4n[nH]nc4c3)c2c1. The summed E-state index contributed by atoms with van der Waals surface area (Å²) in [6, 6.07) is 13.5. The van der Waals surface area contributed by atoms with Crippen molar-refractivity contribution in [2.75, 3.05) is 0 Å². The van der Waals surface area contributed by atoms with Gasteiger partial charge in [-0.25, -0.2) is 0 Å². The molecule has 1 aromatic heterocycles. The van der Waals surface area contributed by atoms with Crippen molar-refractivity contribution in [3.63, 3.8) is 0 Å². The van der Waals surface area contributed by atoms with Crippen molar-refractivity contribution in [2.24, 2.45) is 10.2 Å². The highest BCUT2D eigenvalue weighted by molar-refractivity contribution is 5.96. The van der Waals surface area contributed by atoms with E-state index in [4.69, 9.17) is 0 Å². The van der Waals surface area contributed by atoms with E-state index >= 15 is 0 Å². The average molecular weight is 305 g/mol. The van der Waals surface area contributed by atoms with Gasteiger partial charge in [-0.3, -0.25) is 0 Å². The Morgan fingerprint density at radius 3 is 2.57 bits per heavy atom. The van der Waals surface area contributed by atoms with Gasteiger partial charge in [0, 0.05) is 5.39 Å². The molecule has 3 N–H and O–H groups in total. The van der Waals surface area contributed by atoms with Crippen LogP contribution in [0, 0.1) is 0 Å². The Hall–Kier alpha value is -3.48. The van der Waals surface area contributed by atoms with Gasteiger partial charge in [0.1, 0.15) is 28.2 Å². The lowest BCUT2D eigenvalue weighted by atomic mass is 10.1. The molecule has 0 saturated carbocycles. The quantitative estimate of drug-likeness (QED) is 0.487. The molecule has 7 heteroatoms. The van der Waals surface area contributed by atoms with E-state index in [0.29, 0.717) is 22.3 Å². The molecule has 0 unspecified atom stereocenters. The molecular weight excluding hydrogens is 294 g/mol. The summed E-state index contributed by atoms with van der Waals surface area (Å²) in [5, 5.41) is 40.0. The summed E-state index contributed by atoms with van der Waals surface area (Å²) < 4.78 is 0. The summed E-state index contributed by atoms with van der Waals surface area (Å²) in [7, 11) is 0. The highest BCUT2D eigenvalue weighted by Gasteiger charge is 2.07. The van der Waals surface area contributed by atoms with Gasteiger partial charge >= 0.3 is 0 Å². The second-order valence-corrected chi connectivity index (χ2v) is 5.04. The number of benzene rings is 3. The van der Waals surface area contributed by atoms with Crippen LogP contribution in [0.1, 0.15) is 0 Å². The van der Waals surface area contributed by atoms with Gasteiger partial charge in [0.15, 0.2) is 0 Å². The maximum atomic E-state index is 10.1. The van der Waals surface area contributed by atoms with E-state index in [0.717, 1.165) is 10.9 Å². The average Bonchev–Trinajstić information content (AvgIpc) is 3.01. The second-order valence-electron chi connectivity index (χ2n) is 5.04. The number of aromatic amines is 1. The summed E-state index contributed by atoms with van der Waals surface area (Å²) in [6.07, 6.45) is 0. The first-order valence-corrected chi connectivity index (χ1v) is 6.88. The smallest absolute Gasteiger partial charge is 0.143 e. The molecule has 23 heavy (non-hydrogen) atoms. The molecule has 0 aliphatic heterocycles. The maximum absolute atomic E-state index is 10.1. The Morgan fingerprint density at radius 1 is 0.826 bits per heavy atom. The van der Waals surface area contributed by atoms with Gasteiger partial charge in [-0.15, -0.1) is 5.11 Å². The van der Waals surface area contributed by atoms with Gasteiger partial charge in [0.25, 0.3) is 0 Å². The van der Waals surface area contributed by atoms with Gasteiger partial charge in [-0.1, -0.05) is 12.1 Å². The monoisotopic (exact) mass is 305 g/mol. The molecule has 112 valence electrons. The predicted octanol–water partition coefficient (Wildman–Crippen LogP) is 3.94. The first-order valence-electron chi connectivity index (χ1n) is 6.88. The molecule has 7 nitrogen and oxygen atoms in total. The normalized spacial score (nSPS) is 11.7. The molecule has 4 aromatic rings. The largest absolute Gasteiger partial charge is 0.508 e. The number of phenolic OH excluding ortho intramolecular Hbond substituents is 2. The van der Waals surface area contributed by atoms with Crippen LogP contribution in [-0.4, -0.2) is 25.6 Å². The lowest BCUT2D eigenvalue weighted by Gasteiger charge is -2.04. The van der Waals surface area contributed by atoms with Gasteiger partial charge in [0.2, 0.25) is 0 Å². The van der Waals surface area contributed by atoms with Crippen molar-refractivity contribution in [1.29, 1.82) is 0 Å². The Morgan fingerprint density at radius 2 is 1.65 bits per heavy atom. The minimum atomic E-state index is -0.00522. The molecule has 1 heterocycles. The first-order chi connectivity index (χ1) is 11.2. The van der Waals surface area contributed by atoms with E-state index in [1.54, 1.807) is 48.5 Å². The van der Waals surface area contributed by atoms with E-state index < -0.39 is 0 Å². The van der Waals surface area contributed by atoms with Crippen molar-refractivity contribution in [2.45, 2.75) is 0 Å². The number of hydrogen-bond acceptors (Lipinski definition) is 6. The lowest BCUT2D eigenvalue weighted by Crippen LogP contribution is -1.76.